The lowest BCUT2D eigenvalue weighted by Gasteiger charge is -2.08. The van der Waals surface area contributed by atoms with Crippen molar-refractivity contribution in [3.05, 3.63) is 65.5 Å². The summed E-state index contributed by atoms with van der Waals surface area (Å²) in [6.07, 6.45) is 0. The van der Waals surface area contributed by atoms with Gasteiger partial charge in [-0.15, -0.1) is 10.2 Å². The van der Waals surface area contributed by atoms with Gasteiger partial charge in [0.2, 0.25) is 5.91 Å². The van der Waals surface area contributed by atoms with Crippen LogP contribution in [-0.2, 0) is 23.2 Å². The van der Waals surface area contributed by atoms with Crippen molar-refractivity contribution in [3.8, 4) is 5.75 Å². The topological polar surface area (TPSA) is 95.3 Å². The van der Waals surface area contributed by atoms with Gasteiger partial charge >= 0.3 is 5.97 Å². The van der Waals surface area contributed by atoms with E-state index in [0.29, 0.717) is 22.2 Å². The highest BCUT2D eigenvalue weighted by atomic mass is 32.2. The summed E-state index contributed by atoms with van der Waals surface area (Å²) in [6.45, 7) is 2.29. The fourth-order valence-corrected chi connectivity index (χ4v) is 3.28. The molecule has 1 aromatic heterocycles. The molecular formula is C21H22N4O4S. The Balaban J connectivity index is 1.53. The van der Waals surface area contributed by atoms with E-state index in [2.05, 4.69) is 20.3 Å². The first-order chi connectivity index (χ1) is 14.5. The maximum absolute atomic E-state index is 12.3. The largest absolute Gasteiger partial charge is 0.486 e. The molecule has 9 heteroatoms. The number of methoxy groups -OCH3 is 1. The van der Waals surface area contributed by atoms with Gasteiger partial charge in [0.25, 0.3) is 0 Å². The van der Waals surface area contributed by atoms with Gasteiger partial charge in [-0.2, -0.15) is 0 Å². The molecule has 0 saturated carbocycles. The van der Waals surface area contributed by atoms with E-state index in [1.165, 1.54) is 18.9 Å². The highest BCUT2D eigenvalue weighted by Gasteiger charge is 2.13. The number of carbonyl (C=O) groups is 2. The Morgan fingerprint density at radius 1 is 1.13 bits per heavy atom. The van der Waals surface area contributed by atoms with Crippen molar-refractivity contribution in [1.29, 1.82) is 0 Å². The molecule has 2 aromatic carbocycles. The predicted octanol–water partition coefficient (Wildman–Crippen LogP) is 3.22. The zero-order valence-electron chi connectivity index (χ0n) is 16.9. The number of nitrogens with one attached hydrogen (secondary N) is 1. The van der Waals surface area contributed by atoms with E-state index in [-0.39, 0.29) is 18.3 Å². The van der Waals surface area contributed by atoms with Gasteiger partial charge in [-0.1, -0.05) is 35.5 Å². The van der Waals surface area contributed by atoms with Crippen molar-refractivity contribution < 1.29 is 19.1 Å². The van der Waals surface area contributed by atoms with Crippen molar-refractivity contribution in [3.63, 3.8) is 0 Å². The van der Waals surface area contributed by atoms with Crippen LogP contribution < -0.4 is 10.1 Å². The van der Waals surface area contributed by atoms with Crippen LogP contribution in [0.4, 0.5) is 5.69 Å². The monoisotopic (exact) mass is 426 g/mol. The van der Waals surface area contributed by atoms with Gasteiger partial charge in [-0.25, -0.2) is 4.79 Å². The molecule has 0 spiro atoms. The number of aromatic nitrogens is 3. The van der Waals surface area contributed by atoms with E-state index in [1.54, 1.807) is 28.8 Å². The van der Waals surface area contributed by atoms with Crippen LogP contribution in [0.25, 0.3) is 0 Å². The minimum absolute atomic E-state index is 0.146. The Kier molecular flexibility index (Phi) is 7.08. The van der Waals surface area contributed by atoms with Crippen LogP contribution in [0.1, 0.15) is 21.7 Å². The molecule has 0 atom stereocenters. The van der Waals surface area contributed by atoms with Gasteiger partial charge in [0.05, 0.1) is 18.4 Å². The van der Waals surface area contributed by atoms with Crippen LogP contribution >= 0.6 is 11.8 Å². The summed E-state index contributed by atoms with van der Waals surface area (Å²) < 4.78 is 12.2. The number of anilines is 1. The lowest BCUT2D eigenvalue weighted by atomic mass is 10.2. The second kappa shape index (κ2) is 9.93. The Bertz CT molecular complexity index is 1030. The second-order valence-corrected chi connectivity index (χ2v) is 7.41. The average Bonchev–Trinajstić information content (AvgIpc) is 3.11. The molecule has 1 heterocycles. The molecule has 0 unspecified atom stereocenters. The van der Waals surface area contributed by atoms with Crippen molar-refractivity contribution >= 4 is 29.3 Å². The van der Waals surface area contributed by atoms with Crippen molar-refractivity contribution in [2.75, 3.05) is 18.2 Å². The fraction of sp³-hybridized carbons (Fsp3) is 0.238. The summed E-state index contributed by atoms with van der Waals surface area (Å²) in [6, 6.07) is 14.3. The third kappa shape index (κ3) is 5.60. The number of nitrogens with zero attached hydrogens (tertiary/aromatic N) is 3. The second-order valence-electron chi connectivity index (χ2n) is 6.47. The highest BCUT2D eigenvalue weighted by molar-refractivity contribution is 7.99. The van der Waals surface area contributed by atoms with E-state index in [4.69, 9.17) is 4.74 Å². The normalized spacial score (nSPS) is 10.5. The summed E-state index contributed by atoms with van der Waals surface area (Å²) in [5.74, 6) is 0.880. The van der Waals surface area contributed by atoms with Crippen molar-refractivity contribution in [2.24, 2.45) is 7.05 Å². The standard InChI is InChI=1S/C21H22N4O4S/c1-14-7-9-17(10-8-14)29-12-18-23-24-21(25(18)2)30-13-19(26)22-16-6-4-5-15(11-16)20(27)28-3/h4-11H,12-13H2,1-3H3,(H,22,26). The van der Waals surface area contributed by atoms with Crippen LogP contribution in [0.15, 0.2) is 53.7 Å². The Labute approximate surface area is 178 Å². The van der Waals surface area contributed by atoms with E-state index >= 15 is 0 Å². The van der Waals surface area contributed by atoms with E-state index < -0.39 is 5.97 Å². The number of aryl methyl sites for hydroxylation is 1. The smallest absolute Gasteiger partial charge is 0.337 e. The quantitative estimate of drug-likeness (QED) is 0.436. The molecular weight excluding hydrogens is 404 g/mol. The van der Waals surface area contributed by atoms with Crippen LogP contribution in [0.5, 0.6) is 5.75 Å². The fourth-order valence-electron chi connectivity index (χ4n) is 2.55. The van der Waals surface area contributed by atoms with E-state index in [9.17, 15) is 9.59 Å². The lowest BCUT2D eigenvalue weighted by molar-refractivity contribution is -0.113. The number of hydrogen-bond acceptors (Lipinski definition) is 7. The summed E-state index contributed by atoms with van der Waals surface area (Å²) >= 11 is 1.26. The third-order valence-corrected chi connectivity index (χ3v) is 5.23. The van der Waals surface area contributed by atoms with Crippen LogP contribution in [0.3, 0.4) is 0 Å². The summed E-state index contributed by atoms with van der Waals surface area (Å²) in [7, 11) is 3.14. The molecule has 156 valence electrons. The Morgan fingerprint density at radius 3 is 2.63 bits per heavy atom. The van der Waals surface area contributed by atoms with E-state index in [0.717, 1.165) is 11.3 Å². The first-order valence-electron chi connectivity index (χ1n) is 9.15. The maximum atomic E-state index is 12.3. The predicted molar refractivity (Wildman–Crippen MR) is 114 cm³/mol. The minimum atomic E-state index is -0.458. The zero-order valence-corrected chi connectivity index (χ0v) is 17.7. The van der Waals surface area contributed by atoms with Crippen LogP contribution in [-0.4, -0.2) is 39.5 Å². The zero-order chi connectivity index (χ0) is 21.5. The molecule has 0 aliphatic heterocycles. The highest BCUT2D eigenvalue weighted by Crippen LogP contribution is 2.19. The molecule has 1 amide bonds. The first kappa shape index (κ1) is 21.4. The van der Waals surface area contributed by atoms with Gasteiger partial charge < -0.3 is 19.4 Å². The Hall–Kier alpha value is -3.33. The molecule has 3 rings (SSSR count). The number of thioether (sulfide) groups is 1. The average molecular weight is 426 g/mol. The van der Waals surface area contributed by atoms with Gasteiger partial charge in [-0.05, 0) is 37.3 Å². The van der Waals surface area contributed by atoms with Gasteiger partial charge in [0.1, 0.15) is 12.4 Å². The summed E-state index contributed by atoms with van der Waals surface area (Å²) in [5.41, 5.74) is 2.05. The summed E-state index contributed by atoms with van der Waals surface area (Å²) in [4.78, 5) is 23.9. The maximum Gasteiger partial charge on any atom is 0.337 e. The molecule has 0 fully saturated rings. The number of carbonyl (C=O) groups excluding carboxylic acids is 2. The molecule has 1 N–H and O–H groups in total. The SMILES string of the molecule is COC(=O)c1cccc(NC(=O)CSc2nnc(COc3ccc(C)cc3)n2C)c1. The third-order valence-electron chi connectivity index (χ3n) is 4.21. The first-order valence-corrected chi connectivity index (χ1v) is 10.1. The number of ether oxygens (including phenoxy) is 2. The molecule has 0 radical (unpaired) electrons. The lowest BCUT2D eigenvalue weighted by Crippen LogP contribution is -2.15. The van der Waals surface area contributed by atoms with Gasteiger partial charge in [0.15, 0.2) is 11.0 Å². The Morgan fingerprint density at radius 2 is 1.90 bits per heavy atom. The number of amides is 1. The summed E-state index contributed by atoms with van der Waals surface area (Å²) in [5, 5.41) is 11.6. The van der Waals surface area contributed by atoms with Crippen LogP contribution in [0, 0.1) is 6.92 Å². The van der Waals surface area contributed by atoms with Gasteiger partial charge in [0, 0.05) is 12.7 Å². The molecule has 3 aromatic rings. The van der Waals surface area contributed by atoms with Crippen LogP contribution in [0.2, 0.25) is 0 Å². The molecule has 0 aliphatic carbocycles. The molecule has 0 aliphatic rings. The van der Waals surface area contributed by atoms with Crippen molar-refractivity contribution in [1.82, 2.24) is 14.8 Å². The van der Waals surface area contributed by atoms with Crippen molar-refractivity contribution in [2.45, 2.75) is 18.7 Å². The molecule has 8 nitrogen and oxygen atoms in total. The molecule has 0 saturated heterocycles. The minimum Gasteiger partial charge on any atom is -0.486 e. The van der Waals surface area contributed by atoms with Gasteiger partial charge in [-0.3, -0.25) is 4.79 Å². The van der Waals surface area contributed by atoms with E-state index in [1.807, 2.05) is 38.2 Å². The molecule has 0 bridgehead atoms. The molecule has 30 heavy (non-hydrogen) atoms. The number of rotatable bonds is 8. The number of hydrogen-bond donors (Lipinski definition) is 1. The number of benzene rings is 2. The number of esters is 1.